The molecule has 2 aliphatic rings. The molecule has 80 valence electrons. The zero-order valence-corrected chi connectivity index (χ0v) is 8.94. The minimum absolute atomic E-state index is 0.231. The van der Waals surface area contributed by atoms with Gasteiger partial charge in [-0.1, -0.05) is 6.92 Å². The first-order valence-electron chi connectivity index (χ1n) is 5.60. The summed E-state index contributed by atoms with van der Waals surface area (Å²) < 4.78 is 0. The van der Waals surface area contributed by atoms with Gasteiger partial charge in [0, 0.05) is 6.04 Å². The Labute approximate surface area is 85.1 Å². The lowest BCUT2D eigenvalue weighted by molar-refractivity contribution is -0.144. The van der Waals surface area contributed by atoms with Crippen LogP contribution in [0.1, 0.15) is 33.1 Å². The summed E-state index contributed by atoms with van der Waals surface area (Å²) in [5, 5.41) is 9.16. The number of aliphatic carboxylic acids is 1. The van der Waals surface area contributed by atoms with Crippen LogP contribution in [0, 0.1) is 11.8 Å². The second-order valence-electron chi connectivity index (χ2n) is 4.86. The fraction of sp³-hybridized carbons (Fsp3) is 0.909. The smallest absolute Gasteiger partial charge is 0.321 e. The van der Waals surface area contributed by atoms with Gasteiger partial charge in [-0.2, -0.15) is 0 Å². The molecule has 3 unspecified atom stereocenters. The molecule has 1 saturated carbocycles. The van der Waals surface area contributed by atoms with E-state index < -0.39 is 5.97 Å². The van der Waals surface area contributed by atoms with E-state index in [-0.39, 0.29) is 6.04 Å². The van der Waals surface area contributed by atoms with Gasteiger partial charge < -0.3 is 5.11 Å². The molecule has 0 aromatic carbocycles. The Balaban J connectivity index is 2.06. The molecule has 3 heteroatoms. The highest BCUT2D eigenvalue weighted by atomic mass is 16.4. The van der Waals surface area contributed by atoms with Crippen LogP contribution in [-0.4, -0.2) is 34.6 Å². The van der Waals surface area contributed by atoms with Gasteiger partial charge in [0.15, 0.2) is 0 Å². The van der Waals surface area contributed by atoms with Gasteiger partial charge in [-0.05, 0) is 44.6 Å². The zero-order valence-electron chi connectivity index (χ0n) is 8.94. The highest BCUT2D eigenvalue weighted by molar-refractivity contribution is 5.74. The first-order valence-corrected chi connectivity index (χ1v) is 5.60. The highest BCUT2D eigenvalue weighted by Crippen LogP contribution is 2.38. The van der Waals surface area contributed by atoms with Crippen LogP contribution in [0.4, 0.5) is 0 Å². The summed E-state index contributed by atoms with van der Waals surface area (Å²) >= 11 is 0. The molecule has 0 radical (unpaired) electrons. The quantitative estimate of drug-likeness (QED) is 0.746. The van der Waals surface area contributed by atoms with E-state index >= 15 is 0 Å². The average molecular weight is 197 g/mol. The van der Waals surface area contributed by atoms with Crippen LogP contribution in [0.2, 0.25) is 0 Å². The van der Waals surface area contributed by atoms with Crippen molar-refractivity contribution < 1.29 is 9.90 Å². The van der Waals surface area contributed by atoms with Crippen LogP contribution >= 0.6 is 0 Å². The van der Waals surface area contributed by atoms with E-state index in [0.717, 1.165) is 18.9 Å². The Bertz CT molecular complexity index is 237. The number of nitrogens with zero attached hydrogens (tertiary/aromatic N) is 1. The van der Waals surface area contributed by atoms with Crippen LogP contribution in [0.5, 0.6) is 0 Å². The Kier molecular flexibility index (Phi) is 2.52. The van der Waals surface area contributed by atoms with Gasteiger partial charge in [-0.25, -0.2) is 0 Å². The Morgan fingerprint density at radius 2 is 2.07 bits per heavy atom. The van der Waals surface area contributed by atoms with E-state index in [9.17, 15) is 4.79 Å². The van der Waals surface area contributed by atoms with Crippen molar-refractivity contribution in [1.29, 1.82) is 0 Å². The summed E-state index contributed by atoms with van der Waals surface area (Å²) in [7, 11) is 0. The van der Waals surface area contributed by atoms with E-state index in [1.165, 1.54) is 12.8 Å². The number of carbonyl (C=O) groups is 1. The van der Waals surface area contributed by atoms with Crippen molar-refractivity contribution in [1.82, 2.24) is 4.90 Å². The number of likely N-dealkylation sites (tertiary alicyclic amines) is 1. The van der Waals surface area contributed by atoms with Gasteiger partial charge in [0.1, 0.15) is 6.04 Å². The molecule has 1 aliphatic carbocycles. The van der Waals surface area contributed by atoms with Crippen molar-refractivity contribution in [3.05, 3.63) is 0 Å². The standard InChI is InChI=1S/C11H19NO2/c1-7-5-6-12(10(7)11(13)14)8(2)9-3-4-9/h7-10H,3-6H2,1-2H3,(H,13,14). The van der Waals surface area contributed by atoms with E-state index in [1.807, 2.05) is 0 Å². The van der Waals surface area contributed by atoms with E-state index in [4.69, 9.17) is 5.11 Å². The maximum absolute atomic E-state index is 11.1. The number of hydrogen-bond donors (Lipinski definition) is 1. The average Bonchev–Trinajstić information content (AvgIpc) is 2.88. The van der Waals surface area contributed by atoms with Crippen molar-refractivity contribution in [2.45, 2.75) is 45.2 Å². The Hall–Kier alpha value is -0.570. The van der Waals surface area contributed by atoms with Crippen molar-refractivity contribution in [3.63, 3.8) is 0 Å². The van der Waals surface area contributed by atoms with Crippen molar-refractivity contribution in [2.24, 2.45) is 11.8 Å². The van der Waals surface area contributed by atoms with Crippen LogP contribution in [0.15, 0.2) is 0 Å². The lowest BCUT2D eigenvalue weighted by Gasteiger charge is -2.29. The van der Waals surface area contributed by atoms with Gasteiger partial charge >= 0.3 is 5.97 Å². The molecule has 3 nitrogen and oxygen atoms in total. The summed E-state index contributed by atoms with van der Waals surface area (Å²) in [6.45, 7) is 5.21. The molecular weight excluding hydrogens is 178 g/mol. The molecule has 1 heterocycles. The number of hydrogen-bond acceptors (Lipinski definition) is 2. The predicted octanol–water partition coefficient (Wildman–Crippen LogP) is 1.58. The molecule has 2 rings (SSSR count). The molecule has 0 bridgehead atoms. The van der Waals surface area contributed by atoms with Crippen molar-refractivity contribution in [3.8, 4) is 0 Å². The summed E-state index contributed by atoms with van der Waals surface area (Å²) in [4.78, 5) is 13.3. The molecule has 2 fully saturated rings. The van der Waals surface area contributed by atoms with Crippen LogP contribution in [-0.2, 0) is 4.79 Å². The predicted molar refractivity (Wildman–Crippen MR) is 54.1 cm³/mol. The van der Waals surface area contributed by atoms with Gasteiger partial charge in [-0.15, -0.1) is 0 Å². The van der Waals surface area contributed by atoms with Gasteiger partial charge in [0.2, 0.25) is 0 Å². The lowest BCUT2D eigenvalue weighted by atomic mass is 10.0. The monoisotopic (exact) mass is 197 g/mol. The lowest BCUT2D eigenvalue weighted by Crippen LogP contribution is -2.44. The molecule has 0 aromatic heterocycles. The number of carboxylic acids is 1. The van der Waals surface area contributed by atoms with Gasteiger partial charge in [0.25, 0.3) is 0 Å². The van der Waals surface area contributed by atoms with Crippen LogP contribution < -0.4 is 0 Å². The van der Waals surface area contributed by atoms with E-state index in [1.54, 1.807) is 0 Å². The molecule has 1 aliphatic heterocycles. The second-order valence-corrected chi connectivity index (χ2v) is 4.86. The topological polar surface area (TPSA) is 40.5 Å². The first kappa shape index (κ1) is 9.97. The second kappa shape index (κ2) is 3.54. The largest absolute Gasteiger partial charge is 0.480 e. The Morgan fingerprint density at radius 1 is 1.43 bits per heavy atom. The summed E-state index contributed by atoms with van der Waals surface area (Å²) in [6.07, 6.45) is 3.62. The summed E-state index contributed by atoms with van der Waals surface area (Å²) in [5.74, 6) is 0.443. The van der Waals surface area contributed by atoms with Crippen LogP contribution in [0.3, 0.4) is 0 Å². The van der Waals surface area contributed by atoms with Gasteiger partial charge in [0.05, 0.1) is 0 Å². The molecule has 0 amide bonds. The molecule has 14 heavy (non-hydrogen) atoms. The maximum atomic E-state index is 11.1. The third-order valence-corrected chi connectivity index (χ3v) is 3.82. The highest BCUT2D eigenvalue weighted by Gasteiger charge is 2.43. The van der Waals surface area contributed by atoms with Crippen LogP contribution in [0.25, 0.3) is 0 Å². The fourth-order valence-corrected chi connectivity index (χ4v) is 2.67. The number of carboxylic acid groups (broad SMARTS) is 1. The third kappa shape index (κ3) is 1.65. The molecule has 1 saturated heterocycles. The van der Waals surface area contributed by atoms with Crippen molar-refractivity contribution >= 4 is 5.97 Å². The molecule has 0 spiro atoms. The molecular formula is C11H19NO2. The molecule has 0 aromatic rings. The number of rotatable bonds is 3. The normalized spacial score (nSPS) is 35.9. The van der Waals surface area contributed by atoms with Crippen molar-refractivity contribution in [2.75, 3.05) is 6.54 Å². The molecule has 3 atom stereocenters. The summed E-state index contributed by atoms with van der Waals surface area (Å²) in [6, 6.07) is 0.242. The zero-order chi connectivity index (χ0) is 10.3. The third-order valence-electron chi connectivity index (χ3n) is 3.82. The fourth-order valence-electron chi connectivity index (χ4n) is 2.67. The minimum atomic E-state index is -0.637. The Morgan fingerprint density at radius 3 is 2.57 bits per heavy atom. The summed E-state index contributed by atoms with van der Waals surface area (Å²) in [5.41, 5.74) is 0. The SMILES string of the molecule is CC1CCN(C(C)C2CC2)C1C(=O)O. The first-order chi connectivity index (χ1) is 6.61. The van der Waals surface area contributed by atoms with E-state index in [2.05, 4.69) is 18.7 Å². The maximum Gasteiger partial charge on any atom is 0.321 e. The molecule has 1 N–H and O–H groups in total. The minimum Gasteiger partial charge on any atom is -0.480 e. The van der Waals surface area contributed by atoms with E-state index in [0.29, 0.717) is 12.0 Å². The van der Waals surface area contributed by atoms with Gasteiger partial charge in [-0.3, -0.25) is 9.69 Å².